The van der Waals surface area contributed by atoms with E-state index in [1.165, 1.54) is 11.3 Å². The maximum atomic E-state index is 5.41. The smallest absolute Gasteiger partial charge is 0.191 e. The van der Waals surface area contributed by atoms with Crippen molar-refractivity contribution in [1.82, 2.24) is 25.3 Å². The maximum absolute atomic E-state index is 5.41. The van der Waals surface area contributed by atoms with Crippen molar-refractivity contribution < 1.29 is 4.74 Å². The van der Waals surface area contributed by atoms with E-state index in [4.69, 9.17) is 9.73 Å². The van der Waals surface area contributed by atoms with Crippen LogP contribution in [-0.4, -0.2) is 66.6 Å². The van der Waals surface area contributed by atoms with Gasteiger partial charge in [0.05, 0.1) is 25.5 Å². The number of aliphatic imine (C=N–C) groups is 1. The lowest BCUT2D eigenvalue weighted by Crippen LogP contribution is -2.44. The van der Waals surface area contributed by atoms with Crippen molar-refractivity contribution in [3.05, 3.63) is 17.0 Å². The lowest BCUT2D eigenvalue weighted by Gasteiger charge is -2.29. The summed E-state index contributed by atoms with van der Waals surface area (Å²) < 4.78 is 7.33. The highest BCUT2D eigenvalue weighted by atomic mass is 127. The number of morpholine rings is 1. The topological polar surface area (TPSA) is 66.7 Å². The zero-order valence-electron chi connectivity index (χ0n) is 16.8. The summed E-state index contributed by atoms with van der Waals surface area (Å²) in [6.07, 6.45) is 0. The molecule has 2 heterocycles. The molecule has 1 unspecified atom stereocenters. The highest BCUT2D eigenvalue weighted by Crippen LogP contribution is 2.12. The number of aromatic nitrogens is 2. The van der Waals surface area contributed by atoms with Crippen molar-refractivity contribution in [1.29, 1.82) is 0 Å². The lowest BCUT2D eigenvalue weighted by atomic mass is 10.1. The van der Waals surface area contributed by atoms with Crippen LogP contribution >= 0.6 is 24.0 Å². The molecule has 0 bridgehead atoms. The normalized spacial score (nSPS) is 16.9. The van der Waals surface area contributed by atoms with Crippen LogP contribution in [0.1, 0.15) is 30.8 Å². The number of aryl methyl sites for hydroxylation is 2. The molecule has 0 radical (unpaired) electrons. The Labute approximate surface area is 175 Å². The molecule has 1 aromatic rings. The van der Waals surface area contributed by atoms with Crippen LogP contribution in [0.4, 0.5) is 0 Å². The summed E-state index contributed by atoms with van der Waals surface area (Å²) in [4.78, 5) is 7.22. The van der Waals surface area contributed by atoms with Crippen LogP contribution in [0.25, 0.3) is 0 Å². The summed E-state index contributed by atoms with van der Waals surface area (Å²) in [6.45, 7) is 15.8. The van der Waals surface area contributed by atoms with Crippen molar-refractivity contribution in [2.45, 2.75) is 34.2 Å². The first-order chi connectivity index (χ1) is 12.0. The van der Waals surface area contributed by atoms with Crippen molar-refractivity contribution >= 4 is 29.9 Å². The second-order valence-corrected chi connectivity index (χ2v) is 6.87. The second-order valence-electron chi connectivity index (χ2n) is 6.87. The predicted octanol–water partition coefficient (Wildman–Crippen LogP) is 1.68. The third kappa shape index (κ3) is 7.03. The Balaban J connectivity index is 0.00000338. The molecule has 1 aliphatic heterocycles. The monoisotopic (exact) mass is 478 g/mol. The van der Waals surface area contributed by atoms with Crippen LogP contribution in [-0.2, 0) is 18.3 Å². The zero-order valence-corrected chi connectivity index (χ0v) is 19.2. The zero-order chi connectivity index (χ0) is 18.2. The van der Waals surface area contributed by atoms with Crippen molar-refractivity contribution in [3.63, 3.8) is 0 Å². The summed E-state index contributed by atoms with van der Waals surface area (Å²) in [5.41, 5.74) is 3.44. The molecule has 26 heavy (non-hydrogen) atoms. The van der Waals surface area contributed by atoms with E-state index in [9.17, 15) is 0 Å². The Hall–Kier alpha value is -0.870. The van der Waals surface area contributed by atoms with Gasteiger partial charge in [0.1, 0.15) is 0 Å². The summed E-state index contributed by atoms with van der Waals surface area (Å²) >= 11 is 0. The fourth-order valence-corrected chi connectivity index (χ4v) is 3.11. The Morgan fingerprint density at radius 3 is 2.54 bits per heavy atom. The molecule has 0 aliphatic carbocycles. The number of hydrogen-bond acceptors (Lipinski definition) is 4. The molecule has 2 rings (SSSR count). The number of halogens is 1. The summed E-state index contributed by atoms with van der Waals surface area (Å²) in [7, 11) is 1.98. The number of guanidine groups is 1. The minimum absolute atomic E-state index is 0. The number of rotatable bonds is 7. The van der Waals surface area contributed by atoms with Crippen LogP contribution in [0.15, 0.2) is 4.99 Å². The number of nitrogens with zero attached hydrogens (tertiary/aromatic N) is 4. The second kappa shape index (κ2) is 11.8. The van der Waals surface area contributed by atoms with Crippen LogP contribution in [0.3, 0.4) is 0 Å². The Bertz CT molecular complexity index is 568. The third-order valence-corrected chi connectivity index (χ3v) is 4.69. The molecular weight excluding hydrogens is 443 g/mol. The summed E-state index contributed by atoms with van der Waals surface area (Å²) in [6, 6.07) is 0. The largest absolute Gasteiger partial charge is 0.379 e. The van der Waals surface area contributed by atoms with E-state index in [0.29, 0.717) is 12.5 Å². The first kappa shape index (κ1) is 23.2. The van der Waals surface area contributed by atoms with E-state index in [2.05, 4.69) is 41.4 Å². The van der Waals surface area contributed by atoms with E-state index in [1.807, 2.05) is 18.7 Å². The van der Waals surface area contributed by atoms with Crippen LogP contribution < -0.4 is 10.6 Å². The third-order valence-electron chi connectivity index (χ3n) is 4.69. The number of hydrogen-bond donors (Lipinski definition) is 2. The van der Waals surface area contributed by atoms with Gasteiger partial charge in [-0.2, -0.15) is 5.10 Å². The van der Waals surface area contributed by atoms with Gasteiger partial charge in [-0.25, -0.2) is 4.99 Å². The molecule has 150 valence electrons. The summed E-state index contributed by atoms with van der Waals surface area (Å²) in [5, 5.41) is 11.3. The lowest BCUT2D eigenvalue weighted by molar-refractivity contribution is 0.0320. The molecule has 2 N–H and O–H groups in total. The first-order valence-corrected chi connectivity index (χ1v) is 9.32. The highest BCUT2D eigenvalue weighted by Gasteiger charge is 2.14. The fraction of sp³-hybridized carbons (Fsp3) is 0.778. The molecular formula is C18H35IN6O. The van der Waals surface area contributed by atoms with E-state index < -0.39 is 0 Å². The van der Waals surface area contributed by atoms with Gasteiger partial charge in [-0.15, -0.1) is 24.0 Å². The molecule has 0 aromatic carbocycles. The van der Waals surface area contributed by atoms with Gasteiger partial charge in [0, 0.05) is 51.0 Å². The quantitative estimate of drug-likeness (QED) is 0.355. The molecule has 1 aromatic heterocycles. The van der Waals surface area contributed by atoms with Crippen LogP contribution in [0.2, 0.25) is 0 Å². The van der Waals surface area contributed by atoms with Gasteiger partial charge in [0.2, 0.25) is 0 Å². The van der Waals surface area contributed by atoms with Gasteiger partial charge >= 0.3 is 0 Å². The molecule has 1 saturated heterocycles. The predicted molar refractivity (Wildman–Crippen MR) is 117 cm³/mol. The molecule has 1 atom stereocenters. The Morgan fingerprint density at radius 1 is 1.27 bits per heavy atom. The average molecular weight is 478 g/mol. The van der Waals surface area contributed by atoms with Crippen molar-refractivity contribution in [2.75, 3.05) is 45.9 Å². The van der Waals surface area contributed by atoms with E-state index in [0.717, 1.165) is 57.6 Å². The number of ether oxygens (including phenoxy) is 1. The SMILES string of the molecule is CCNC(=NCc1c(C)nn(C)c1C)NCC(C)CN1CCOCC1.I. The van der Waals surface area contributed by atoms with E-state index in [-0.39, 0.29) is 24.0 Å². The molecule has 0 saturated carbocycles. The van der Waals surface area contributed by atoms with Gasteiger partial charge in [-0.1, -0.05) is 6.92 Å². The van der Waals surface area contributed by atoms with Gasteiger partial charge in [-0.3, -0.25) is 9.58 Å². The van der Waals surface area contributed by atoms with E-state index >= 15 is 0 Å². The molecule has 0 amide bonds. The van der Waals surface area contributed by atoms with Gasteiger partial charge < -0.3 is 15.4 Å². The maximum Gasteiger partial charge on any atom is 0.191 e. The molecule has 1 fully saturated rings. The molecule has 8 heteroatoms. The van der Waals surface area contributed by atoms with Gasteiger partial charge in [0.15, 0.2) is 5.96 Å². The molecule has 7 nitrogen and oxygen atoms in total. The standard InChI is InChI=1S/C18H34N6O.HI/c1-6-19-18(21-12-17-15(3)22-23(5)16(17)4)20-11-14(2)13-24-7-9-25-10-8-24;/h14H,6-13H2,1-5H3,(H2,19,20,21);1H. The van der Waals surface area contributed by atoms with Gasteiger partial charge in [0.25, 0.3) is 0 Å². The Kier molecular flexibility index (Phi) is 10.5. The molecule has 0 spiro atoms. The fourth-order valence-electron chi connectivity index (χ4n) is 3.11. The highest BCUT2D eigenvalue weighted by molar-refractivity contribution is 14.0. The van der Waals surface area contributed by atoms with E-state index in [1.54, 1.807) is 0 Å². The van der Waals surface area contributed by atoms with Crippen LogP contribution in [0.5, 0.6) is 0 Å². The molecule has 1 aliphatic rings. The average Bonchev–Trinajstić information content (AvgIpc) is 2.83. The first-order valence-electron chi connectivity index (χ1n) is 9.32. The minimum atomic E-state index is 0. The van der Waals surface area contributed by atoms with Crippen molar-refractivity contribution in [2.24, 2.45) is 18.0 Å². The van der Waals surface area contributed by atoms with Gasteiger partial charge in [-0.05, 0) is 26.7 Å². The van der Waals surface area contributed by atoms with Crippen LogP contribution in [0, 0.1) is 19.8 Å². The summed E-state index contributed by atoms with van der Waals surface area (Å²) in [5.74, 6) is 1.43. The van der Waals surface area contributed by atoms with Crippen molar-refractivity contribution in [3.8, 4) is 0 Å². The minimum Gasteiger partial charge on any atom is -0.379 e. The number of nitrogens with one attached hydrogen (secondary N) is 2. The Morgan fingerprint density at radius 2 is 1.96 bits per heavy atom.